The van der Waals surface area contributed by atoms with Gasteiger partial charge in [0, 0.05) is 5.92 Å². The van der Waals surface area contributed by atoms with Crippen LogP contribution in [0, 0.1) is 35.2 Å². The molecule has 0 N–H and O–H groups in total. The number of aryl methyl sites for hydroxylation is 1. The van der Waals surface area contributed by atoms with E-state index in [0.29, 0.717) is 16.9 Å². The van der Waals surface area contributed by atoms with Crippen LogP contribution >= 0.6 is 0 Å². The molecule has 0 unspecified atom stereocenters. The first-order valence-electron chi connectivity index (χ1n) is 12.7. The van der Waals surface area contributed by atoms with Gasteiger partial charge in [-0.05, 0) is 90.6 Å². The molecule has 4 rings (SSSR count). The monoisotopic (exact) mass is 462 g/mol. The van der Waals surface area contributed by atoms with E-state index in [2.05, 4.69) is 18.8 Å². The van der Waals surface area contributed by atoms with Crippen LogP contribution in [-0.4, -0.2) is 0 Å². The van der Waals surface area contributed by atoms with Crippen molar-refractivity contribution in [1.82, 2.24) is 0 Å². The summed E-state index contributed by atoms with van der Waals surface area (Å²) in [4.78, 5) is 0. The van der Waals surface area contributed by atoms with E-state index in [-0.39, 0.29) is 11.7 Å². The largest absolute Gasteiger partial charge is 0.206 e. The van der Waals surface area contributed by atoms with Crippen LogP contribution in [0.4, 0.5) is 13.2 Å². The second-order valence-corrected chi connectivity index (χ2v) is 9.67. The number of hydrogen-bond acceptors (Lipinski definition) is 0. The minimum absolute atomic E-state index is 0.216. The lowest BCUT2D eigenvalue weighted by Gasteiger charge is -2.26. The third-order valence-corrected chi connectivity index (χ3v) is 7.12. The quantitative estimate of drug-likeness (QED) is 0.243. The number of unbranched alkanes of at least 4 members (excludes halogenated alkanes) is 4. The molecule has 1 aliphatic carbocycles. The molecule has 0 saturated heterocycles. The van der Waals surface area contributed by atoms with Gasteiger partial charge in [-0.1, -0.05) is 68.7 Å². The molecule has 0 radical (unpaired) electrons. The van der Waals surface area contributed by atoms with Gasteiger partial charge in [0.05, 0.1) is 5.56 Å². The van der Waals surface area contributed by atoms with Crippen molar-refractivity contribution in [2.45, 2.75) is 77.0 Å². The Balaban J connectivity index is 1.32. The van der Waals surface area contributed by atoms with E-state index in [1.54, 1.807) is 6.07 Å². The maximum Gasteiger partial charge on any atom is 0.159 e. The van der Waals surface area contributed by atoms with E-state index in [1.165, 1.54) is 43.4 Å². The van der Waals surface area contributed by atoms with Crippen molar-refractivity contribution in [3.05, 3.63) is 82.7 Å². The molecule has 0 amide bonds. The zero-order valence-corrected chi connectivity index (χ0v) is 20.0. The SMILES string of the molecule is CCCCCCCc1ccc(C#CC2CCC(c3ccc4cc(F)c(F)cc4c3)CC2)c(F)c1. The van der Waals surface area contributed by atoms with Crippen LogP contribution in [0.2, 0.25) is 0 Å². The van der Waals surface area contributed by atoms with Crippen molar-refractivity contribution in [3.8, 4) is 11.8 Å². The molecule has 178 valence electrons. The number of hydrogen-bond donors (Lipinski definition) is 0. The molecular formula is C31H33F3. The van der Waals surface area contributed by atoms with Crippen molar-refractivity contribution < 1.29 is 13.2 Å². The van der Waals surface area contributed by atoms with E-state index < -0.39 is 11.6 Å². The molecule has 1 saturated carbocycles. The molecule has 0 aliphatic heterocycles. The molecule has 0 aromatic heterocycles. The highest BCUT2D eigenvalue weighted by Gasteiger charge is 2.21. The average Bonchev–Trinajstić information content (AvgIpc) is 2.84. The molecule has 1 fully saturated rings. The van der Waals surface area contributed by atoms with Crippen molar-refractivity contribution in [3.63, 3.8) is 0 Å². The topological polar surface area (TPSA) is 0 Å². The molecule has 3 aromatic rings. The van der Waals surface area contributed by atoms with Crippen LogP contribution < -0.4 is 0 Å². The van der Waals surface area contributed by atoms with Crippen molar-refractivity contribution in [1.29, 1.82) is 0 Å². The molecule has 1 aliphatic rings. The highest BCUT2D eigenvalue weighted by Crippen LogP contribution is 2.36. The Kier molecular flexibility index (Phi) is 8.33. The lowest BCUT2D eigenvalue weighted by atomic mass is 9.78. The molecule has 34 heavy (non-hydrogen) atoms. The Morgan fingerprint density at radius 2 is 1.47 bits per heavy atom. The highest BCUT2D eigenvalue weighted by atomic mass is 19.2. The highest BCUT2D eigenvalue weighted by molar-refractivity contribution is 5.83. The first-order chi connectivity index (χ1) is 16.5. The Morgan fingerprint density at radius 1 is 0.735 bits per heavy atom. The van der Waals surface area contributed by atoms with E-state index in [0.717, 1.165) is 49.5 Å². The van der Waals surface area contributed by atoms with Gasteiger partial charge in [0.25, 0.3) is 0 Å². The van der Waals surface area contributed by atoms with Gasteiger partial charge >= 0.3 is 0 Å². The molecule has 0 nitrogen and oxygen atoms in total. The summed E-state index contributed by atoms with van der Waals surface area (Å²) in [6.45, 7) is 2.21. The van der Waals surface area contributed by atoms with E-state index in [4.69, 9.17) is 0 Å². The third kappa shape index (κ3) is 6.23. The molecular weight excluding hydrogens is 429 g/mol. The predicted octanol–water partition coefficient (Wildman–Crippen LogP) is 9.10. The summed E-state index contributed by atoms with van der Waals surface area (Å²) in [5.41, 5.74) is 2.71. The smallest absolute Gasteiger partial charge is 0.159 e. The standard InChI is InChI=1S/C31H33F3/c1-2-3-4-5-6-7-23-11-15-25(29(32)18-23)14-10-22-8-12-24(13-9-22)26-16-17-27-20-30(33)31(34)21-28(27)19-26/h11,15-22,24H,2-9,12-13H2,1H3. The van der Waals surface area contributed by atoms with Crippen molar-refractivity contribution >= 4 is 10.8 Å². The predicted molar refractivity (Wildman–Crippen MR) is 134 cm³/mol. The Labute approximate surface area is 201 Å². The summed E-state index contributed by atoms with van der Waals surface area (Å²) >= 11 is 0. The van der Waals surface area contributed by atoms with Crippen LogP contribution in [0.5, 0.6) is 0 Å². The summed E-state index contributed by atoms with van der Waals surface area (Å²) in [6.07, 6.45) is 10.9. The minimum atomic E-state index is -0.812. The number of rotatable bonds is 7. The first kappa shape index (κ1) is 24.4. The molecule has 3 heteroatoms. The summed E-state index contributed by atoms with van der Waals surface area (Å²) in [5, 5.41) is 1.45. The fourth-order valence-electron chi connectivity index (χ4n) is 5.01. The Bertz CT molecular complexity index is 1180. The zero-order chi connectivity index (χ0) is 23.9. The van der Waals surface area contributed by atoms with Crippen LogP contribution in [0.1, 0.15) is 87.3 Å². The van der Waals surface area contributed by atoms with E-state index in [1.807, 2.05) is 30.3 Å². The number of benzene rings is 3. The normalized spacial score (nSPS) is 18.0. The third-order valence-electron chi connectivity index (χ3n) is 7.12. The van der Waals surface area contributed by atoms with Crippen LogP contribution in [0.3, 0.4) is 0 Å². The molecule has 0 heterocycles. The molecule has 3 aromatic carbocycles. The fourth-order valence-corrected chi connectivity index (χ4v) is 5.01. The van der Waals surface area contributed by atoms with Crippen molar-refractivity contribution in [2.24, 2.45) is 5.92 Å². The first-order valence-corrected chi connectivity index (χ1v) is 12.7. The average molecular weight is 463 g/mol. The number of halogens is 3. The lowest BCUT2D eigenvalue weighted by molar-refractivity contribution is 0.385. The van der Waals surface area contributed by atoms with E-state index in [9.17, 15) is 13.2 Å². The second-order valence-electron chi connectivity index (χ2n) is 9.67. The van der Waals surface area contributed by atoms with Gasteiger partial charge < -0.3 is 0 Å². The summed E-state index contributed by atoms with van der Waals surface area (Å²) < 4.78 is 41.6. The van der Waals surface area contributed by atoms with Crippen molar-refractivity contribution in [2.75, 3.05) is 0 Å². The molecule has 0 atom stereocenters. The van der Waals surface area contributed by atoms with Gasteiger partial charge in [0.1, 0.15) is 5.82 Å². The maximum atomic E-state index is 14.5. The summed E-state index contributed by atoms with van der Waals surface area (Å²) in [7, 11) is 0. The van der Waals surface area contributed by atoms with Gasteiger partial charge in [-0.25, -0.2) is 13.2 Å². The summed E-state index contributed by atoms with van der Waals surface area (Å²) in [5.74, 6) is 5.20. The van der Waals surface area contributed by atoms with Crippen LogP contribution in [0.25, 0.3) is 10.8 Å². The van der Waals surface area contributed by atoms with Crippen LogP contribution in [0.15, 0.2) is 48.5 Å². The fraction of sp³-hybridized carbons (Fsp3) is 0.419. The Morgan fingerprint density at radius 3 is 2.21 bits per heavy atom. The Hall–Kier alpha value is -2.73. The summed E-state index contributed by atoms with van der Waals surface area (Å²) in [6, 6.07) is 13.9. The minimum Gasteiger partial charge on any atom is -0.206 e. The maximum absolute atomic E-state index is 14.5. The second kappa shape index (κ2) is 11.6. The van der Waals surface area contributed by atoms with Gasteiger partial charge in [0.15, 0.2) is 11.6 Å². The zero-order valence-electron chi connectivity index (χ0n) is 20.0. The van der Waals surface area contributed by atoms with Gasteiger partial charge in [0.2, 0.25) is 0 Å². The van der Waals surface area contributed by atoms with Gasteiger partial charge in [-0.15, -0.1) is 0 Å². The number of fused-ring (bicyclic) bond motifs is 1. The van der Waals surface area contributed by atoms with E-state index >= 15 is 0 Å². The van der Waals surface area contributed by atoms with Gasteiger partial charge in [-0.2, -0.15) is 0 Å². The molecule has 0 spiro atoms. The lowest BCUT2D eigenvalue weighted by Crippen LogP contribution is -2.12. The van der Waals surface area contributed by atoms with Gasteiger partial charge in [-0.3, -0.25) is 0 Å². The molecule has 0 bridgehead atoms. The van der Waals surface area contributed by atoms with Crippen LogP contribution in [-0.2, 0) is 6.42 Å².